The molecule has 60 valence electrons. The molecule has 0 atom stereocenters. The smallest absolute Gasteiger partial charge is 0.232 e. The minimum atomic E-state index is 0.648. The Morgan fingerprint density at radius 1 is 1.25 bits per heavy atom. The number of fused-ring (bicyclic) bond motifs is 1. The van der Waals surface area contributed by atoms with Gasteiger partial charge in [-0.2, -0.15) is 0 Å². The molecule has 2 rings (SSSR count). The minimum absolute atomic E-state index is 0.648. The van der Waals surface area contributed by atoms with Gasteiger partial charge in [0.25, 0.3) is 0 Å². The van der Waals surface area contributed by atoms with Gasteiger partial charge in [-0.3, -0.25) is 3.53 Å². The van der Waals surface area contributed by atoms with E-state index in [0.29, 0.717) is 5.95 Å². The molecule has 0 saturated carbocycles. The molecule has 0 spiro atoms. The van der Waals surface area contributed by atoms with Gasteiger partial charge in [0, 0.05) is 11.6 Å². The van der Waals surface area contributed by atoms with E-state index >= 15 is 0 Å². The Morgan fingerprint density at radius 3 is 2.92 bits per heavy atom. The Kier molecular flexibility index (Phi) is 2.07. The van der Waals surface area contributed by atoms with Crippen molar-refractivity contribution in [1.29, 1.82) is 0 Å². The molecular formula is C8H6IN3. The van der Waals surface area contributed by atoms with Crippen molar-refractivity contribution in [2.45, 2.75) is 0 Å². The number of hydrogen-bond donors (Lipinski definition) is 1. The number of nitrogens with zero attached hydrogens (tertiary/aromatic N) is 2. The van der Waals surface area contributed by atoms with Crippen molar-refractivity contribution in [2.24, 2.45) is 0 Å². The second-order valence-corrected chi connectivity index (χ2v) is 2.89. The Labute approximate surface area is 83.7 Å². The van der Waals surface area contributed by atoms with Gasteiger partial charge in [-0.1, -0.05) is 18.2 Å². The Balaban J connectivity index is 2.67. The summed E-state index contributed by atoms with van der Waals surface area (Å²) in [6.07, 6.45) is 1.81. The predicted molar refractivity (Wildman–Crippen MR) is 57.2 cm³/mol. The highest BCUT2D eigenvalue weighted by atomic mass is 127. The van der Waals surface area contributed by atoms with Crippen LogP contribution < -0.4 is 3.53 Å². The van der Waals surface area contributed by atoms with Crippen molar-refractivity contribution in [2.75, 3.05) is 3.53 Å². The fourth-order valence-corrected chi connectivity index (χ4v) is 1.28. The Bertz CT molecular complexity index is 402. The highest BCUT2D eigenvalue weighted by molar-refractivity contribution is 14.1. The molecule has 0 aliphatic carbocycles. The second kappa shape index (κ2) is 3.22. The normalized spacial score (nSPS) is 10.1. The zero-order valence-electron chi connectivity index (χ0n) is 6.16. The van der Waals surface area contributed by atoms with Crippen molar-refractivity contribution in [3.05, 3.63) is 30.5 Å². The standard InChI is InChI=1S/C8H6IN3/c9-12-8-10-5-6-3-1-2-4-7(6)11-8/h1-5H,(H,10,11,12). The maximum Gasteiger partial charge on any atom is 0.232 e. The molecule has 0 amide bonds. The number of para-hydroxylation sites is 1. The Morgan fingerprint density at radius 2 is 2.08 bits per heavy atom. The highest BCUT2D eigenvalue weighted by Crippen LogP contribution is 2.11. The molecule has 2 aromatic rings. The van der Waals surface area contributed by atoms with Crippen LogP contribution >= 0.6 is 22.9 Å². The van der Waals surface area contributed by atoms with E-state index in [0.717, 1.165) is 10.9 Å². The summed E-state index contributed by atoms with van der Waals surface area (Å²) in [5, 5.41) is 1.06. The van der Waals surface area contributed by atoms with Gasteiger partial charge >= 0.3 is 0 Å². The molecule has 0 fully saturated rings. The average molecular weight is 271 g/mol. The predicted octanol–water partition coefficient (Wildman–Crippen LogP) is 2.39. The van der Waals surface area contributed by atoms with Gasteiger partial charge in [0.15, 0.2) is 0 Å². The molecule has 1 N–H and O–H groups in total. The zero-order valence-corrected chi connectivity index (χ0v) is 8.32. The third kappa shape index (κ3) is 1.34. The first-order chi connectivity index (χ1) is 5.90. The molecular weight excluding hydrogens is 265 g/mol. The lowest BCUT2D eigenvalue weighted by Crippen LogP contribution is -1.89. The molecule has 1 heterocycles. The minimum Gasteiger partial charge on any atom is -0.297 e. The number of anilines is 1. The van der Waals surface area contributed by atoms with Crippen LogP contribution in [0, 0.1) is 0 Å². The molecule has 0 saturated heterocycles. The largest absolute Gasteiger partial charge is 0.297 e. The van der Waals surface area contributed by atoms with Crippen LogP contribution in [0.15, 0.2) is 30.5 Å². The molecule has 0 unspecified atom stereocenters. The van der Waals surface area contributed by atoms with Crippen LogP contribution in [0.5, 0.6) is 0 Å². The summed E-state index contributed by atoms with van der Waals surface area (Å²) in [4.78, 5) is 8.36. The quantitative estimate of drug-likeness (QED) is 0.639. The topological polar surface area (TPSA) is 37.8 Å². The van der Waals surface area contributed by atoms with Crippen LogP contribution in [0.3, 0.4) is 0 Å². The van der Waals surface area contributed by atoms with E-state index in [-0.39, 0.29) is 0 Å². The SMILES string of the molecule is INc1ncc2ccccc2n1. The van der Waals surface area contributed by atoms with Gasteiger partial charge < -0.3 is 0 Å². The maximum atomic E-state index is 4.26. The van der Waals surface area contributed by atoms with Crippen molar-refractivity contribution in [1.82, 2.24) is 9.97 Å². The lowest BCUT2D eigenvalue weighted by Gasteiger charge is -1.97. The van der Waals surface area contributed by atoms with E-state index in [2.05, 4.69) is 13.5 Å². The van der Waals surface area contributed by atoms with E-state index in [1.807, 2.05) is 53.3 Å². The van der Waals surface area contributed by atoms with Crippen molar-refractivity contribution in [3.8, 4) is 0 Å². The molecule has 4 heteroatoms. The molecule has 12 heavy (non-hydrogen) atoms. The van der Waals surface area contributed by atoms with Crippen LogP contribution in [0.1, 0.15) is 0 Å². The molecule has 0 aliphatic rings. The Hall–Kier alpha value is -0.910. The lowest BCUT2D eigenvalue weighted by molar-refractivity contribution is 1.24. The van der Waals surface area contributed by atoms with Gasteiger partial charge in [0.05, 0.1) is 28.4 Å². The third-order valence-corrected chi connectivity index (χ3v) is 2.06. The first-order valence-electron chi connectivity index (χ1n) is 3.48. The monoisotopic (exact) mass is 271 g/mol. The highest BCUT2D eigenvalue weighted by Gasteiger charge is 1.95. The van der Waals surface area contributed by atoms with E-state index in [1.165, 1.54) is 0 Å². The van der Waals surface area contributed by atoms with Gasteiger partial charge in [-0.05, 0) is 6.07 Å². The number of nitrogens with one attached hydrogen (secondary N) is 1. The summed E-state index contributed by atoms with van der Waals surface area (Å²) in [5.41, 5.74) is 0.965. The summed E-state index contributed by atoms with van der Waals surface area (Å²) in [6.45, 7) is 0. The van der Waals surface area contributed by atoms with Gasteiger partial charge in [0.2, 0.25) is 5.95 Å². The van der Waals surface area contributed by atoms with Crippen LogP contribution in [0.2, 0.25) is 0 Å². The van der Waals surface area contributed by atoms with Crippen LogP contribution in [0.25, 0.3) is 10.9 Å². The molecule has 0 aliphatic heterocycles. The molecule has 1 aromatic heterocycles. The number of benzene rings is 1. The number of aromatic nitrogens is 2. The summed E-state index contributed by atoms with van der Waals surface area (Å²) in [6, 6.07) is 7.90. The maximum absolute atomic E-state index is 4.26. The van der Waals surface area contributed by atoms with Crippen molar-refractivity contribution >= 4 is 39.7 Å². The summed E-state index contributed by atoms with van der Waals surface area (Å²) >= 11 is 2.01. The van der Waals surface area contributed by atoms with E-state index in [9.17, 15) is 0 Å². The van der Waals surface area contributed by atoms with Crippen molar-refractivity contribution in [3.63, 3.8) is 0 Å². The van der Waals surface area contributed by atoms with E-state index in [4.69, 9.17) is 0 Å². The van der Waals surface area contributed by atoms with Crippen LogP contribution in [-0.2, 0) is 0 Å². The second-order valence-electron chi connectivity index (χ2n) is 2.35. The first-order valence-corrected chi connectivity index (χ1v) is 4.56. The molecule has 3 nitrogen and oxygen atoms in total. The van der Waals surface area contributed by atoms with Gasteiger partial charge in [-0.25, -0.2) is 9.97 Å². The average Bonchev–Trinajstić information content (AvgIpc) is 2.17. The van der Waals surface area contributed by atoms with Gasteiger partial charge in [-0.15, -0.1) is 0 Å². The fraction of sp³-hybridized carbons (Fsp3) is 0. The zero-order chi connectivity index (χ0) is 8.39. The van der Waals surface area contributed by atoms with E-state index < -0.39 is 0 Å². The van der Waals surface area contributed by atoms with Crippen LogP contribution in [-0.4, -0.2) is 9.97 Å². The summed E-state index contributed by atoms with van der Waals surface area (Å²) in [7, 11) is 0. The molecule has 1 aromatic carbocycles. The van der Waals surface area contributed by atoms with Gasteiger partial charge in [0.1, 0.15) is 0 Å². The van der Waals surface area contributed by atoms with E-state index in [1.54, 1.807) is 0 Å². The number of rotatable bonds is 1. The first kappa shape index (κ1) is 7.72. The third-order valence-electron chi connectivity index (χ3n) is 1.57. The number of halogens is 1. The van der Waals surface area contributed by atoms with Crippen molar-refractivity contribution < 1.29 is 0 Å². The number of hydrogen-bond acceptors (Lipinski definition) is 3. The molecule has 0 bridgehead atoms. The van der Waals surface area contributed by atoms with Crippen LogP contribution in [0.4, 0.5) is 5.95 Å². The summed E-state index contributed by atoms with van der Waals surface area (Å²) < 4.78 is 2.87. The molecule has 0 radical (unpaired) electrons. The lowest BCUT2D eigenvalue weighted by atomic mass is 10.2. The summed E-state index contributed by atoms with van der Waals surface area (Å²) in [5.74, 6) is 0.648. The fourth-order valence-electron chi connectivity index (χ4n) is 1.02.